The van der Waals surface area contributed by atoms with Gasteiger partial charge in [0, 0.05) is 6.54 Å². The Morgan fingerprint density at radius 3 is 2.48 bits per heavy atom. The average Bonchev–Trinajstić information content (AvgIpc) is 2.94. The van der Waals surface area contributed by atoms with Crippen molar-refractivity contribution in [1.29, 1.82) is 0 Å². The minimum absolute atomic E-state index is 0.124. The lowest BCUT2D eigenvalue weighted by Gasteiger charge is -2.21. The highest BCUT2D eigenvalue weighted by Gasteiger charge is 2.19. The number of nitrogens with zero attached hydrogens (tertiary/aromatic N) is 5. The van der Waals surface area contributed by atoms with E-state index in [1.807, 2.05) is 0 Å². The highest BCUT2D eigenvalue weighted by molar-refractivity contribution is 5.79. The summed E-state index contributed by atoms with van der Waals surface area (Å²) >= 11 is 0. The van der Waals surface area contributed by atoms with Crippen molar-refractivity contribution in [3.63, 3.8) is 0 Å². The number of benzene rings is 1. The molecule has 0 bridgehead atoms. The molecule has 0 aliphatic heterocycles. The molecule has 0 spiro atoms. The Balaban J connectivity index is 2.21. The van der Waals surface area contributed by atoms with Crippen LogP contribution in [-0.2, 0) is 24.9 Å². The Kier molecular flexibility index (Phi) is 5.41. The quantitative estimate of drug-likeness (QED) is 0.613. The lowest BCUT2D eigenvalue weighted by atomic mass is 10.1. The summed E-state index contributed by atoms with van der Waals surface area (Å²) in [5.41, 5.74) is 4.71. The molecule has 2 rings (SSSR count). The van der Waals surface area contributed by atoms with Gasteiger partial charge in [0.1, 0.15) is 23.9 Å². The minimum Gasteiger partial charge on any atom is -0.480 e. The maximum absolute atomic E-state index is 13.6. The number of nitrogen functional groups attached to an aromatic ring is 1. The smallest absolute Gasteiger partial charge is 0.323 e. The summed E-state index contributed by atoms with van der Waals surface area (Å²) in [6.45, 7) is -0.988. The van der Waals surface area contributed by atoms with Gasteiger partial charge in [-0.1, -0.05) is 0 Å². The number of carboxylic acids is 1. The number of urea groups is 1. The Morgan fingerprint density at radius 1 is 1.32 bits per heavy atom. The summed E-state index contributed by atoms with van der Waals surface area (Å²) < 4.78 is 27.2. The third-order valence-corrected chi connectivity index (χ3v) is 3.07. The minimum atomic E-state index is -1.24. The van der Waals surface area contributed by atoms with Crippen LogP contribution < -0.4 is 11.1 Å². The largest absolute Gasteiger partial charge is 0.480 e. The monoisotopic (exact) mass is 355 g/mol. The van der Waals surface area contributed by atoms with Gasteiger partial charge in [-0.25, -0.2) is 13.6 Å². The number of amides is 2. The van der Waals surface area contributed by atoms with E-state index in [4.69, 9.17) is 10.8 Å². The van der Waals surface area contributed by atoms with Crippen LogP contribution in [0, 0.1) is 11.6 Å². The van der Waals surface area contributed by atoms with Crippen molar-refractivity contribution >= 4 is 17.7 Å². The molecular weight excluding hydrogens is 340 g/mol. The second-order valence-corrected chi connectivity index (χ2v) is 5.08. The maximum atomic E-state index is 13.6. The SMILES string of the molecule is Cn1nnc(CN(Cc2cc(F)c(N)c(F)c2)C(=O)NCC(=O)O)n1. The van der Waals surface area contributed by atoms with E-state index in [1.54, 1.807) is 0 Å². The molecule has 2 amide bonds. The molecule has 2 aromatic rings. The van der Waals surface area contributed by atoms with Crippen molar-refractivity contribution in [3.05, 3.63) is 35.2 Å². The van der Waals surface area contributed by atoms with Crippen LogP contribution in [0.2, 0.25) is 0 Å². The predicted molar refractivity (Wildman–Crippen MR) is 79.8 cm³/mol. The number of hydrogen-bond acceptors (Lipinski definition) is 6. The van der Waals surface area contributed by atoms with Gasteiger partial charge < -0.3 is 21.1 Å². The highest BCUT2D eigenvalue weighted by Crippen LogP contribution is 2.19. The Hall–Kier alpha value is -3.31. The lowest BCUT2D eigenvalue weighted by Crippen LogP contribution is -2.41. The first-order chi connectivity index (χ1) is 11.8. The molecule has 0 fully saturated rings. The summed E-state index contributed by atoms with van der Waals surface area (Å²) in [6.07, 6.45) is 0. The number of carbonyl (C=O) groups excluding carboxylic acids is 1. The van der Waals surface area contributed by atoms with Crippen molar-refractivity contribution in [2.24, 2.45) is 7.05 Å². The zero-order chi connectivity index (χ0) is 18.6. The molecule has 0 saturated carbocycles. The van der Waals surface area contributed by atoms with Crippen molar-refractivity contribution in [1.82, 2.24) is 30.4 Å². The van der Waals surface area contributed by atoms with Crippen LogP contribution in [0.15, 0.2) is 12.1 Å². The molecule has 10 nitrogen and oxygen atoms in total. The summed E-state index contributed by atoms with van der Waals surface area (Å²) in [6, 6.07) is 1.20. The van der Waals surface area contributed by atoms with Crippen molar-refractivity contribution in [3.8, 4) is 0 Å². The Morgan fingerprint density at radius 2 is 1.96 bits per heavy atom. The number of aryl methyl sites for hydroxylation is 1. The highest BCUT2D eigenvalue weighted by atomic mass is 19.1. The van der Waals surface area contributed by atoms with Gasteiger partial charge in [-0.2, -0.15) is 4.80 Å². The average molecular weight is 355 g/mol. The van der Waals surface area contributed by atoms with Gasteiger partial charge in [0.15, 0.2) is 5.82 Å². The molecule has 4 N–H and O–H groups in total. The van der Waals surface area contributed by atoms with E-state index in [-0.39, 0.29) is 24.5 Å². The fourth-order valence-corrected chi connectivity index (χ4v) is 1.97. The first-order valence-electron chi connectivity index (χ1n) is 6.97. The number of aliphatic carboxylic acids is 1. The van der Waals surface area contributed by atoms with Crippen LogP contribution in [0.4, 0.5) is 19.3 Å². The van der Waals surface area contributed by atoms with Crippen LogP contribution in [-0.4, -0.2) is 48.8 Å². The number of carbonyl (C=O) groups is 2. The van der Waals surface area contributed by atoms with E-state index in [9.17, 15) is 18.4 Å². The molecule has 0 aliphatic carbocycles. The third kappa shape index (κ3) is 4.83. The topological polar surface area (TPSA) is 139 Å². The number of nitrogens with two attached hydrogens (primary N) is 1. The van der Waals surface area contributed by atoms with E-state index in [0.29, 0.717) is 0 Å². The van der Waals surface area contributed by atoms with Crippen LogP contribution in [0.25, 0.3) is 0 Å². The number of nitrogens with one attached hydrogen (secondary N) is 1. The second-order valence-electron chi connectivity index (χ2n) is 5.08. The van der Waals surface area contributed by atoms with Crippen LogP contribution in [0.3, 0.4) is 0 Å². The second kappa shape index (κ2) is 7.51. The van der Waals surface area contributed by atoms with Gasteiger partial charge in [0.05, 0.1) is 13.6 Å². The fraction of sp³-hybridized carbons (Fsp3) is 0.308. The molecule has 0 saturated heterocycles. The van der Waals surface area contributed by atoms with Gasteiger partial charge in [0.2, 0.25) is 0 Å². The number of rotatable bonds is 6. The number of carboxylic acid groups (broad SMARTS) is 1. The lowest BCUT2D eigenvalue weighted by molar-refractivity contribution is -0.135. The molecule has 12 heteroatoms. The number of anilines is 1. The Bertz CT molecular complexity index is 773. The predicted octanol–water partition coefficient (Wildman–Crippen LogP) is -0.133. The first-order valence-corrected chi connectivity index (χ1v) is 6.97. The van der Waals surface area contributed by atoms with Gasteiger partial charge >= 0.3 is 12.0 Å². The number of hydrogen-bond donors (Lipinski definition) is 3. The van der Waals surface area contributed by atoms with Crippen LogP contribution in [0.1, 0.15) is 11.4 Å². The van der Waals surface area contributed by atoms with Crippen molar-refractivity contribution in [2.75, 3.05) is 12.3 Å². The van der Waals surface area contributed by atoms with Crippen molar-refractivity contribution < 1.29 is 23.5 Å². The van der Waals surface area contributed by atoms with Gasteiger partial charge in [0.25, 0.3) is 0 Å². The van der Waals surface area contributed by atoms with Gasteiger partial charge in [-0.15, -0.1) is 10.2 Å². The van der Waals surface area contributed by atoms with E-state index in [1.165, 1.54) is 11.8 Å². The van der Waals surface area contributed by atoms with Gasteiger partial charge in [-0.3, -0.25) is 4.79 Å². The Labute approximate surface area is 140 Å². The zero-order valence-corrected chi connectivity index (χ0v) is 13.1. The van der Waals surface area contributed by atoms with Crippen LogP contribution >= 0.6 is 0 Å². The van der Waals surface area contributed by atoms with E-state index in [2.05, 4.69) is 20.7 Å². The molecule has 1 aromatic carbocycles. The summed E-state index contributed by atoms with van der Waals surface area (Å²) in [7, 11) is 1.52. The van der Waals surface area contributed by atoms with Crippen molar-refractivity contribution in [2.45, 2.75) is 13.1 Å². The summed E-state index contributed by atoms with van der Waals surface area (Å²) in [5, 5.41) is 22.1. The number of aromatic nitrogens is 4. The standard InChI is InChI=1S/C13H15F2N7O3/c1-21-19-10(18-20-21)6-22(13(25)17-4-11(23)24)5-7-2-8(14)12(16)9(15)3-7/h2-3H,4-6,16H2,1H3,(H,17,25)(H,23,24). The third-order valence-electron chi connectivity index (χ3n) is 3.07. The normalized spacial score (nSPS) is 10.5. The molecular formula is C13H15F2N7O3. The fourth-order valence-electron chi connectivity index (χ4n) is 1.97. The zero-order valence-electron chi connectivity index (χ0n) is 13.1. The van der Waals surface area contributed by atoms with Gasteiger partial charge in [-0.05, 0) is 22.9 Å². The molecule has 1 aromatic heterocycles. The molecule has 0 unspecified atom stereocenters. The van der Waals surface area contributed by atoms with Crippen LogP contribution in [0.5, 0.6) is 0 Å². The van der Waals surface area contributed by atoms with E-state index < -0.39 is 35.9 Å². The number of tetrazole rings is 1. The maximum Gasteiger partial charge on any atom is 0.323 e. The van der Waals surface area contributed by atoms with E-state index >= 15 is 0 Å². The molecule has 1 heterocycles. The van der Waals surface area contributed by atoms with E-state index in [0.717, 1.165) is 17.0 Å². The summed E-state index contributed by atoms with van der Waals surface area (Å²) in [5.74, 6) is -2.99. The number of halogens is 2. The molecule has 134 valence electrons. The molecule has 0 atom stereocenters. The molecule has 0 aliphatic rings. The first kappa shape index (κ1) is 18.0. The summed E-state index contributed by atoms with van der Waals surface area (Å²) in [4.78, 5) is 25.0. The molecule has 0 radical (unpaired) electrons. The molecule has 25 heavy (non-hydrogen) atoms.